The van der Waals surface area contributed by atoms with Gasteiger partial charge in [-0.05, 0) is 31.7 Å². The maximum atomic E-state index is 14.0. The van der Waals surface area contributed by atoms with Gasteiger partial charge in [-0.3, -0.25) is 9.48 Å². The van der Waals surface area contributed by atoms with Gasteiger partial charge in [0.05, 0.1) is 12.2 Å². The molecule has 0 saturated heterocycles. The number of likely N-dealkylation sites (N-methyl/N-ethyl adjacent to an activating group) is 1. The molecule has 2 aromatic rings. The topological polar surface area (TPSA) is 93.1 Å². The third kappa shape index (κ3) is 5.03. The Morgan fingerprint density at radius 3 is 2.42 bits per heavy atom. The number of aromatic nitrogens is 2. The Kier molecular flexibility index (Phi) is 7.31. The summed E-state index contributed by atoms with van der Waals surface area (Å²) in [5.41, 5.74) is 1.17. The minimum Gasteiger partial charge on any atom is -0.348 e. The predicted octanol–water partition coefficient (Wildman–Crippen LogP) is 1.52. The zero-order valence-corrected chi connectivity index (χ0v) is 16.5. The molecule has 1 aromatic carbocycles. The van der Waals surface area contributed by atoms with Crippen molar-refractivity contribution in [1.29, 1.82) is 0 Å². The molecule has 10 heteroatoms. The molecule has 0 fully saturated rings. The Bertz CT molecular complexity index is 885. The van der Waals surface area contributed by atoms with E-state index in [0.717, 1.165) is 12.3 Å². The number of amides is 1. The van der Waals surface area contributed by atoms with E-state index in [0.29, 0.717) is 11.1 Å². The van der Waals surface area contributed by atoms with Crippen molar-refractivity contribution in [3.05, 3.63) is 47.5 Å². The van der Waals surface area contributed by atoms with Gasteiger partial charge < -0.3 is 10.6 Å². The molecule has 2 atom stereocenters. The van der Waals surface area contributed by atoms with Crippen LogP contribution in [0.5, 0.6) is 0 Å². The molecule has 2 unspecified atom stereocenters. The lowest BCUT2D eigenvalue weighted by Gasteiger charge is -2.20. The summed E-state index contributed by atoms with van der Waals surface area (Å²) in [5, 5.41) is 9.74. The normalized spacial score (nSPS) is 13.6. The zero-order chi connectivity index (χ0) is 18.8. The first kappa shape index (κ1) is 22.1. The Labute approximate surface area is 158 Å². The zero-order valence-electron chi connectivity index (χ0n) is 14.9. The van der Waals surface area contributed by atoms with Crippen LogP contribution in [0, 0.1) is 5.82 Å². The SMILES string of the molecule is CNC(C(=O)NC(C)c1ccc(S(C)(=O)=O)c(F)c1)c1cnn(C)c1.Cl. The number of carbonyl (C=O) groups is 1. The lowest BCUT2D eigenvalue weighted by atomic mass is 10.1. The molecule has 0 bridgehead atoms. The first-order chi connectivity index (χ1) is 11.6. The van der Waals surface area contributed by atoms with Crippen LogP contribution in [0.3, 0.4) is 0 Å². The molecule has 0 saturated carbocycles. The van der Waals surface area contributed by atoms with Crippen LogP contribution in [0.4, 0.5) is 4.39 Å². The van der Waals surface area contributed by atoms with E-state index >= 15 is 0 Å². The van der Waals surface area contributed by atoms with Crippen LogP contribution in [-0.4, -0.2) is 37.4 Å². The number of halogens is 2. The molecule has 7 nitrogen and oxygen atoms in total. The second-order valence-electron chi connectivity index (χ2n) is 5.86. The molecule has 0 aliphatic rings. The third-order valence-corrected chi connectivity index (χ3v) is 4.95. The molecule has 0 aliphatic heterocycles. The van der Waals surface area contributed by atoms with Crippen molar-refractivity contribution in [2.24, 2.45) is 7.05 Å². The van der Waals surface area contributed by atoms with E-state index in [1.807, 2.05) is 0 Å². The molecular formula is C16H22ClFN4O3S. The third-order valence-electron chi connectivity index (χ3n) is 3.82. The van der Waals surface area contributed by atoms with Gasteiger partial charge in [-0.25, -0.2) is 12.8 Å². The highest BCUT2D eigenvalue weighted by Crippen LogP contribution is 2.21. The molecule has 0 spiro atoms. The van der Waals surface area contributed by atoms with Crippen LogP contribution in [0.1, 0.15) is 30.1 Å². The monoisotopic (exact) mass is 404 g/mol. The van der Waals surface area contributed by atoms with Gasteiger partial charge in [0.15, 0.2) is 9.84 Å². The van der Waals surface area contributed by atoms with Gasteiger partial charge in [0, 0.05) is 25.1 Å². The van der Waals surface area contributed by atoms with Gasteiger partial charge in [-0.15, -0.1) is 12.4 Å². The van der Waals surface area contributed by atoms with E-state index in [9.17, 15) is 17.6 Å². The van der Waals surface area contributed by atoms with Crippen molar-refractivity contribution in [3.63, 3.8) is 0 Å². The molecular weight excluding hydrogens is 383 g/mol. The summed E-state index contributed by atoms with van der Waals surface area (Å²) in [7, 11) is -0.224. The minimum atomic E-state index is -3.63. The van der Waals surface area contributed by atoms with E-state index in [2.05, 4.69) is 15.7 Å². The van der Waals surface area contributed by atoms with Gasteiger partial charge in [-0.1, -0.05) is 6.07 Å². The van der Waals surface area contributed by atoms with Crippen molar-refractivity contribution in [3.8, 4) is 0 Å². The fourth-order valence-electron chi connectivity index (χ4n) is 2.51. The Balaban J connectivity index is 0.00000338. The molecule has 1 heterocycles. The summed E-state index contributed by atoms with van der Waals surface area (Å²) in [6, 6.07) is 2.72. The highest BCUT2D eigenvalue weighted by molar-refractivity contribution is 7.90. The summed E-state index contributed by atoms with van der Waals surface area (Å²) < 4.78 is 38.6. The number of nitrogens with zero attached hydrogens (tertiary/aromatic N) is 2. The Morgan fingerprint density at radius 2 is 1.96 bits per heavy atom. The maximum absolute atomic E-state index is 14.0. The molecule has 1 amide bonds. The van der Waals surface area contributed by atoms with Gasteiger partial charge in [0.2, 0.25) is 5.91 Å². The highest BCUT2D eigenvalue weighted by atomic mass is 35.5. The number of rotatable bonds is 6. The molecule has 26 heavy (non-hydrogen) atoms. The first-order valence-corrected chi connectivity index (χ1v) is 9.48. The summed E-state index contributed by atoms with van der Waals surface area (Å²) in [6.07, 6.45) is 4.26. The van der Waals surface area contributed by atoms with Crippen LogP contribution >= 0.6 is 12.4 Å². The summed E-state index contributed by atoms with van der Waals surface area (Å²) in [5.74, 6) is -1.13. The van der Waals surface area contributed by atoms with E-state index in [-0.39, 0.29) is 23.2 Å². The van der Waals surface area contributed by atoms with Crippen molar-refractivity contribution >= 4 is 28.2 Å². The van der Waals surface area contributed by atoms with Gasteiger partial charge in [-0.2, -0.15) is 5.10 Å². The van der Waals surface area contributed by atoms with Crippen molar-refractivity contribution in [1.82, 2.24) is 20.4 Å². The molecule has 0 aliphatic carbocycles. The second kappa shape index (κ2) is 8.61. The fraction of sp³-hybridized carbons (Fsp3) is 0.375. The molecule has 2 rings (SSSR count). The van der Waals surface area contributed by atoms with Gasteiger partial charge in [0.25, 0.3) is 0 Å². The molecule has 0 radical (unpaired) electrons. The Hall–Kier alpha value is -1.97. The van der Waals surface area contributed by atoms with Crippen LogP contribution in [-0.2, 0) is 21.7 Å². The number of hydrogen-bond donors (Lipinski definition) is 2. The number of aryl methyl sites for hydroxylation is 1. The fourth-order valence-corrected chi connectivity index (χ4v) is 3.23. The van der Waals surface area contributed by atoms with Gasteiger partial charge in [0.1, 0.15) is 16.8 Å². The summed E-state index contributed by atoms with van der Waals surface area (Å²) in [4.78, 5) is 12.1. The summed E-state index contributed by atoms with van der Waals surface area (Å²) >= 11 is 0. The van der Waals surface area contributed by atoms with Crippen LogP contribution < -0.4 is 10.6 Å². The largest absolute Gasteiger partial charge is 0.348 e. The summed E-state index contributed by atoms with van der Waals surface area (Å²) in [6.45, 7) is 1.70. The minimum absolute atomic E-state index is 0. The highest BCUT2D eigenvalue weighted by Gasteiger charge is 2.23. The van der Waals surface area contributed by atoms with E-state index in [1.54, 1.807) is 38.1 Å². The molecule has 144 valence electrons. The first-order valence-electron chi connectivity index (χ1n) is 7.59. The van der Waals surface area contributed by atoms with Crippen LogP contribution in [0.15, 0.2) is 35.5 Å². The number of sulfone groups is 1. The van der Waals surface area contributed by atoms with Crippen LogP contribution in [0.25, 0.3) is 0 Å². The standard InChI is InChI=1S/C16H21FN4O3S.ClH/c1-10(11-5-6-14(13(17)7-11)25(4,23)24)20-16(22)15(18-2)12-8-19-21(3)9-12;/h5-10,15,18H,1-4H3,(H,20,22);1H. The van der Waals surface area contributed by atoms with E-state index in [1.165, 1.54) is 12.1 Å². The molecule has 2 N–H and O–H groups in total. The van der Waals surface area contributed by atoms with Gasteiger partial charge >= 0.3 is 0 Å². The van der Waals surface area contributed by atoms with E-state index in [4.69, 9.17) is 0 Å². The van der Waals surface area contributed by atoms with Crippen molar-refractivity contribution in [2.45, 2.75) is 23.9 Å². The lowest BCUT2D eigenvalue weighted by Crippen LogP contribution is -2.37. The average molecular weight is 405 g/mol. The van der Waals surface area contributed by atoms with E-state index < -0.39 is 27.7 Å². The maximum Gasteiger partial charge on any atom is 0.242 e. The number of carbonyl (C=O) groups excluding carboxylic acids is 1. The van der Waals surface area contributed by atoms with Crippen LogP contribution in [0.2, 0.25) is 0 Å². The molecule has 1 aromatic heterocycles. The quantitative estimate of drug-likeness (QED) is 0.761. The van der Waals surface area contributed by atoms with Crippen molar-refractivity contribution < 1.29 is 17.6 Å². The number of nitrogens with one attached hydrogen (secondary N) is 2. The Morgan fingerprint density at radius 1 is 1.31 bits per heavy atom. The number of benzene rings is 1. The smallest absolute Gasteiger partial charge is 0.242 e. The average Bonchev–Trinajstić information content (AvgIpc) is 2.92. The second-order valence-corrected chi connectivity index (χ2v) is 7.85. The number of hydrogen-bond acceptors (Lipinski definition) is 5. The lowest BCUT2D eigenvalue weighted by molar-refractivity contribution is -0.123. The predicted molar refractivity (Wildman–Crippen MR) is 98.3 cm³/mol. The van der Waals surface area contributed by atoms with Crippen molar-refractivity contribution in [2.75, 3.05) is 13.3 Å².